The molecule has 7 heteroatoms. The largest absolute Gasteiger partial charge is 0.480 e. The molecular weight excluding hydrogens is 278 g/mol. The first-order chi connectivity index (χ1) is 9.58. The van der Waals surface area contributed by atoms with Crippen molar-refractivity contribution in [3.8, 4) is 0 Å². The van der Waals surface area contributed by atoms with E-state index in [1.165, 1.54) is 11.3 Å². The number of carbonyl (C=O) groups excluding carboxylic acids is 1. The first kappa shape index (κ1) is 13.4. The van der Waals surface area contributed by atoms with Gasteiger partial charge in [-0.05, 0) is 25.2 Å². The Morgan fingerprint density at radius 3 is 2.80 bits per heavy atom. The smallest absolute Gasteiger partial charge is 0.326 e. The molecule has 1 aliphatic heterocycles. The highest BCUT2D eigenvalue weighted by atomic mass is 32.1. The van der Waals surface area contributed by atoms with Crippen molar-refractivity contribution in [2.45, 2.75) is 44.2 Å². The highest BCUT2D eigenvalue weighted by molar-refractivity contribution is 7.13. The summed E-state index contributed by atoms with van der Waals surface area (Å²) in [6.45, 7) is 0. The second kappa shape index (κ2) is 5.05. The zero-order valence-electron chi connectivity index (χ0n) is 11.0. The fraction of sp³-hybridized carbons (Fsp3) is 0.615. The number of anilines is 1. The van der Waals surface area contributed by atoms with Gasteiger partial charge in [-0.2, -0.15) is 0 Å². The zero-order chi connectivity index (χ0) is 14.3. The van der Waals surface area contributed by atoms with Gasteiger partial charge in [-0.25, -0.2) is 9.78 Å². The number of likely N-dealkylation sites (tertiary alicyclic amines) is 1. The minimum atomic E-state index is -0.920. The number of hydrogen-bond donors (Lipinski definition) is 2. The lowest BCUT2D eigenvalue weighted by atomic mass is 9.84. The van der Waals surface area contributed by atoms with Gasteiger partial charge in [-0.1, -0.05) is 12.8 Å². The number of carboxylic acids is 1. The minimum Gasteiger partial charge on any atom is -0.480 e. The van der Waals surface area contributed by atoms with E-state index < -0.39 is 12.0 Å². The van der Waals surface area contributed by atoms with Crippen LogP contribution in [-0.2, 0) is 4.79 Å². The first-order valence-corrected chi connectivity index (χ1v) is 7.72. The van der Waals surface area contributed by atoms with Gasteiger partial charge >= 0.3 is 5.97 Å². The average molecular weight is 295 g/mol. The van der Waals surface area contributed by atoms with E-state index in [2.05, 4.69) is 4.98 Å². The third-order valence-electron chi connectivity index (χ3n) is 4.35. The molecule has 1 aromatic heterocycles. The summed E-state index contributed by atoms with van der Waals surface area (Å²) in [5.74, 6) is -0.902. The first-order valence-electron chi connectivity index (χ1n) is 6.84. The van der Waals surface area contributed by atoms with E-state index in [-0.39, 0.29) is 17.6 Å². The normalized spacial score (nSPS) is 29.2. The van der Waals surface area contributed by atoms with Gasteiger partial charge in [0.15, 0.2) is 5.13 Å². The van der Waals surface area contributed by atoms with Crippen molar-refractivity contribution in [1.29, 1.82) is 0 Å². The van der Waals surface area contributed by atoms with Gasteiger partial charge < -0.3 is 15.7 Å². The van der Waals surface area contributed by atoms with Crippen molar-refractivity contribution in [2.75, 3.05) is 5.73 Å². The molecule has 1 aliphatic carbocycles. The molecular formula is C13H17N3O3S. The summed E-state index contributed by atoms with van der Waals surface area (Å²) in [5, 5.41) is 11.3. The molecule has 0 aromatic carbocycles. The van der Waals surface area contributed by atoms with E-state index in [4.69, 9.17) is 5.73 Å². The molecule has 0 spiro atoms. The maximum atomic E-state index is 12.6. The van der Waals surface area contributed by atoms with E-state index in [0.29, 0.717) is 17.5 Å². The van der Waals surface area contributed by atoms with E-state index in [9.17, 15) is 14.7 Å². The molecule has 3 rings (SSSR count). The predicted octanol–water partition coefficient (Wildman–Crippen LogP) is 1.58. The number of thiazole rings is 1. The highest BCUT2D eigenvalue weighted by Gasteiger charge is 2.48. The van der Waals surface area contributed by atoms with Gasteiger partial charge in [-0.15, -0.1) is 11.3 Å². The summed E-state index contributed by atoms with van der Waals surface area (Å²) in [4.78, 5) is 29.6. The van der Waals surface area contributed by atoms with Crippen molar-refractivity contribution in [3.05, 3.63) is 11.1 Å². The highest BCUT2D eigenvalue weighted by Crippen LogP contribution is 2.40. The molecule has 1 saturated heterocycles. The van der Waals surface area contributed by atoms with Crippen LogP contribution < -0.4 is 5.73 Å². The summed E-state index contributed by atoms with van der Waals surface area (Å²) in [6, 6.07) is -0.682. The molecule has 2 heterocycles. The van der Waals surface area contributed by atoms with Crippen molar-refractivity contribution in [3.63, 3.8) is 0 Å². The topological polar surface area (TPSA) is 96.5 Å². The fourth-order valence-corrected chi connectivity index (χ4v) is 4.03. The molecule has 6 nitrogen and oxygen atoms in total. The molecule has 0 bridgehead atoms. The van der Waals surface area contributed by atoms with E-state index >= 15 is 0 Å². The molecule has 108 valence electrons. The van der Waals surface area contributed by atoms with Gasteiger partial charge in [0.1, 0.15) is 11.7 Å². The molecule has 20 heavy (non-hydrogen) atoms. The van der Waals surface area contributed by atoms with E-state index in [0.717, 1.165) is 25.7 Å². The van der Waals surface area contributed by atoms with Crippen LogP contribution in [0.3, 0.4) is 0 Å². The molecule has 0 radical (unpaired) electrons. The molecule has 1 aromatic rings. The van der Waals surface area contributed by atoms with Crippen LogP contribution in [-0.4, -0.2) is 39.0 Å². The third kappa shape index (κ3) is 2.15. The standard InChI is InChI=1S/C13H17N3O3S/c14-13-15-8(6-20-13)11(17)16-9-4-2-1-3-7(9)5-10(16)12(18)19/h6-7,9-10H,1-5H2,(H2,14,15)(H,18,19). The summed E-state index contributed by atoms with van der Waals surface area (Å²) >= 11 is 1.20. The lowest BCUT2D eigenvalue weighted by Crippen LogP contribution is -2.46. The van der Waals surface area contributed by atoms with Crippen LogP contribution in [0.5, 0.6) is 0 Å². The Labute approximate surface area is 120 Å². The molecule has 2 fully saturated rings. The van der Waals surface area contributed by atoms with Crippen molar-refractivity contribution < 1.29 is 14.7 Å². The quantitative estimate of drug-likeness (QED) is 0.863. The Morgan fingerprint density at radius 2 is 2.15 bits per heavy atom. The summed E-state index contributed by atoms with van der Waals surface area (Å²) in [5.41, 5.74) is 5.83. The second-order valence-corrected chi connectivity index (χ2v) is 6.37. The zero-order valence-corrected chi connectivity index (χ0v) is 11.8. The SMILES string of the molecule is Nc1nc(C(=O)N2C(C(=O)O)CC3CCCCC32)cs1. The monoisotopic (exact) mass is 295 g/mol. The molecule has 2 aliphatic rings. The number of aromatic nitrogens is 1. The Hall–Kier alpha value is -1.63. The van der Waals surface area contributed by atoms with Gasteiger partial charge in [0, 0.05) is 11.4 Å². The van der Waals surface area contributed by atoms with Crippen molar-refractivity contribution in [2.24, 2.45) is 5.92 Å². The van der Waals surface area contributed by atoms with E-state index in [1.807, 2.05) is 0 Å². The number of nitrogens with two attached hydrogens (primary N) is 1. The van der Waals surface area contributed by atoms with Crippen LogP contribution in [0.25, 0.3) is 0 Å². The Morgan fingerprint density at radius 1 is 1.40 bits per heavy atom. The van der Waals surface area contributed by atoms with Crippen molar-refractivity contribution in [1.82, 2.24) is 9.88 Å². The van der Waals surface area contributed by atoms with Crippen LogP contribution in [0, 0.1) is 5.92 Å². The number of carbonyl (C=O) groups is 2. The minimum absolute atomic E-state index is 0.0419. The predicted molar refractivity (Wildman–Crippen MR) is 74.5 cm³/mol. The number of carboxylic acid groups (broad SMARTS) is 1. The number of nitrogens with zero attached hydrogens (tertiary/aromatic N) is 2. The number of rotatable bonds is 2. The van der Waals surface area contributed by atoms with Gasteiger partial charge in [0.2, 0.25) is 0 Å². The molecule has 1 amide bonds. The van der Waals surface area contributed by atoms with Crippen LogP contribution in [0.4, 0.5) is 5.13 Å². The summed E-state index contributed by atoms with van der Waals surface area (Å²) in [7, 11) is 0. The fourth-order valence-electron chi connectivity index (χ4n) is 3.49. The third-order valence-corrected chi connectivity index (χ3v) is 5.02. The Bertz CT molecular complexity index is 545. The van der Waals surface area contributed by atoms with Crippen LogP contribution >= 0.6 is 11.3 Å². The van der Waals surface area contributed by atoms with Crippen LogP contribution in [0.15, 0.2) is 5.38 Å². The lowest BCUT2D eigenvalue weighted by molar-refractivity contribution is -0.141. The van der Waals surface area contributed by atoms with E-state index in [1.54, 1.807) is 10.3 Å². The molecule has 1 saturated carbocycles. The maximum absolute atomic E-state index is 12.6. The number of amides is 1. The lowest BCUT2D eigenvalue weighted by Gasteiger charge is -2.32. The second-order valence-electron chi connectivity index (χ2n) is 5.49. The number of fused-ring (bicyclic) bond motifs is 1. The molecule has 3 unspecified atom stereocenters. The summed E-state index contributed by atoms with van der Waals surface area (Å²) < 4.78 is 0. The Balaban J connectivity index is 1.90. The number of nitrogen functional groups attached to an aromatic ring is 1. The molecule has 3 N–H and O–H groups in total. The number of hydrogen-bond acceptors (Lipinski definition) is 5. The van der Waals surface area contributed by atoms with Crippen LogP contribution in [0.2, 0.25) is 0 Å². The molecule has 3 atom stereocenters. The van der Waals surface area contributed by atoms with Gasteiger partial charge in [-0.3, -0.25) is 4.79 Å². The van der Waals surface area contributed by atoms with Crippen molar-refractivity contribution >= 4 is 28.3 Å². The summed E-state index contributed by atoms with van der Waals surface area (Å²) in [6.07, 6.45) is 4.64. The maximum Gasteiger partial charge on any atom is 0.326 e. The van der Waals surface area contributed by atoms with Gasteiger partial charge in [0.05, 0.1) is 0 Å². The Kier molecular flexibility index (Phi) is 3.37. The van der Waals surface area contributed by atoms with Crippen LogP contribution in [0.1, 0.15) is 42.6 Å². The number of aliphatic carboxylic acids is 1. The van der Waals surface area contributed by atoms with Gasteiger partial charge in [0.25, 0.3) is 5.91 Å². The average Bonchev–Trinajstić information content (AvgIpc) is 3.01.